The molecule has 2 amide bonds. The highest BCUT2D eigenvalue weighted by molar-refractivity contribution is 9.10. The van der Waals surface area contributed by atoms with Crippen molar-refractivity contribution >= 4 is 91.0 Å². The zero-order valence-electron chi connectivity index (χ0n) is 37.7. The Kier molecular flexibility index (Phi) is 14.2. The molecular formula is C47H55BrFN10O6P. The summed E-state index contributed by atoms with van der Waals surface area (Å²) >= 11 is 3.61. The van der Waals surface area contributed by atoms with Gasteiger partial charge in [-0.3, -0.25) is 24.5 Å². The van der Waals surface area contributed by atoms with Gasteiger partial charge in [0.1, 0.15) is 30.6 Å². The lowest BCUT2D eigenvalue weighted by Crippen LogP contribution is -2.44. The van der Waals surface area contributed by atoms with Crippen LogP contribution >= 0.6 is 23.1 Å². The molecule has 348 valence electrons. The van der Waals surface area contributed by atoms with Gasteiger partial charge in [-0.15, -0.1) is 0 Å². The van der Waals surface area contributed by atoms with E-state index >= 15 is 0 Å². The standard InChI is InChI=1S/C47H55BrFN10O6P/c1-6-27-23-36(55-46-52-26-33(48)44(57-46)54-35-11-10-34-32(43(35)66(4,5)63)9-8-30(7-2)53-34)40(64-3)25-38(27)58-20-15-31(16-21-58)51-19-18-50-17-14-28-22-29(49)24-39-42(28)65-47(62)59(39)37-12-13-41(60)56-45(37)61/h8-11,22-26,31,37,50-51H,6-7,12-21H2,1-5H3,(H,56,60,61)(H2,52,54,55,57). The average Bonchev–Trinajstić information content (AvgIpc) is 3.62. The Morgan fingerprint density at radius 2 is 1.74 bits per heavy atom. The molecule has 0 saturated carbocycles. The lowest BCUT2D eigenvalue weighted by atomic mass is 10.0. The van der Waals surface area contributed by atoms with E-state index in [0.29, 0.717) is 58.8 Å². The largest absolute Gasteiger partial charge is 0.494 e. The van der Waals surface area contributed by atoms with Crippen LogP contribution in [-0.2, 0) is 33.4 Å². The van der Waals surface area contributed by atoms with Gasteiger partial charge in [0.2, 0.25) is 17.8 Å². The van der Waals surface area contributed by atoms with Crippen molar-refractivity contribution in [3.8, 4) is 5.75 Å². The molecule has 16 nitrogen and oxygen atoms in total. The molecule has 0 spiro atoms. The van der Waals surface area contributed by atoms with E-state index in [1.165, 1.54) is 12.1 Å². The number of anilines is 5. The molecule has 2 fully saturated rings. The van der Waals surface area contributed by atoms with Crippen LogP contribution < -0.4 is 47.3 Å². The number of fused-ring (bicyclic) bond motifs is 2. The van der Waals surface area contributed by atoms with Gasteiger partial charge in [0.05, 0.1) is 34.0 Å². The molecule has 3 aromatic carbocycles. The third kappa shape index (κ3) is 10.2. The molecule has 5 N–H and O–H groups in total. The van der Waals surface area contributed by atoms with E-state index in [1.807, 2.05) is 24.3 Å². The number of hydrogen-bond acceptors (Lipinski definition) is 14. The highest BCUT2D eigenvalue weighted by Gasteiger charge is 2.32. The van der Waals surface area contributed by atoms with Gasteiger partial charge in [-0.2, -0.15) is 4.98 Å². The van der Waals surface area contributed by atoms with Crippen LogP contribution in [0.2, 0.25) is 0 Å². The maximum Gasteiger partial charge on any atom is 0.420 e. The number of benzene rings is 3. The molecule has 66 heavy (non-hydrogen) atoms. The van der Waals surface area contributed by atoms with E-state index in [0.717, 1.165) is 88.7 Å². The number of aromatic nitrogens is 4. The number of pyridine rings is 1. The van der Waals surface area contributed by atoms with E-state index < -0.39 is 36.6 Å². The summed E-state index contributed by atoms with van der Waals surface area (Å²) in [5.74, 6) is -0.751. The SMILES string of the molecule is CCc1ccc2c(P(C)(C)=O)c(Nc3nc(Nc4cc(CC)c(N5CCC(NCCNCCc6cc(F)cc7c6oc(=O)n7C6CCC(=O)NC6=O)CC5)cc4OC)ncc3Br)ccc2n1. The van der Waals surface area contributed by atoms with Crippen LogP contribution in [0.25, 0.3) is 22.0 Å². The van der Waals surface area contributed by atoms with Crippen LogP contribution in [-0.4, -0.2) is 90.5 Å². The first-order valence-electron chi connectivity index (χ1n) is 22.4. The van der Waals surface area contributed by atoms with Crippen LogP contribution in [0.5, 0.6) is 5.75 Å². The number of ether oxygens (including phenoxy) is 1. The first kappa shape index (κ1) is 46.8. The molecule has 0 bridgehead atoms. The number of oxazole rings is 1. The minimum absolute atomic E-state index is 0.0849. The van der Waals surface area contributed by atoms with Crippen LogP contribution in [0.15, 0.2) is 68.4 Å². The number of nitrogens with one attached hydrogen (secondary N) is 5. The first-order chi connectivity index (χ1) is 31.7. The van der Waals surface area contributed by atoms with E-state index in [1.54, 1.807) is 26.6 Å². The third-order valence-electron chi connectivity index (χ3n) is 12.2. The summed E-state index contributed by atoms with van der Waals surface area (Å²) in [6.07, 6.45) is 5.85. The zero-order valence-corrected chi connectivity index (χ0v) is 40.2. The summed E-state index contributed by atoms with van der Waals surface area (Å²) in [7, 11) is -1.10. The Morgan fingerprint density at radius 3 is 2.47 bits per heavy atom. The first-order valence-corrected chi connectivity index (χ1v) is 25.8. The fourth-order valence-corrected chi connectivity index (χ4v) is 10.7. The topological polar surface area (TPSA) is 198 Å². The number of rotatable bonds is 17. The molecule has 0 aliphatic carbocycles. The molecule has 6 aromatic rings. The Hall–Kier alpha value is -5.68. The summed E-state index contributed by atoms with van der Waals surface area (Å²) in [5.41, 5.74) is 6.48. The summed E-state index contributed by atoms with van der Waals surface area (Å²) < 4.78 is 41.7. The fraction of sp³-hybridized carbons (Fsp3) is 0.404. The minimum Gasteiger partial charge on any atom is -0.494 e. The van der Waals surface area contributed by atoms with Crippen molar-refractivity contribution in [3.63, 3.8) is 0 Å². The van der Waals surface area contributed by atoms with Gasteiger partial charge >= 0.3 is 5.76 Å². The number of hydrogen-bond donors (Lipinski definition) is 5. The van der Waals surface area contributed by atoms with Gasteiger partial charge in [0, 0.05) is 84.6 Å². The van der Waals surface area contributed by atoms with Gasteiger partial charge in [0.25, 0.3) is 0 Å². The number of halogens is 2. The van der Waals surface area contributed by atoms with Gasteiger partial charge in [-0.1, -0.05) is 19.9 Å². The molecule has 0 radical (unpaired) electrons. The summed E-state index contributed by atoms with van der Waals surface area (Å²) in [6, 6.07) is 14.0. The second kappa shape index (κ2) is 20.0. The molecule has 1 unspecified atom stereocenters. The van der Waals surface area contributed by atoms with Crippen LogP contribution in [0.3, 0.4) is 0 Å². The lowest BCUT2D eigenvalue weighted by molar-refractivity contribution is -0.135. The van der Waals surface area contributed by atoms with E-state index in [-0.39, 0.29) is 23.9 Å². The van der Waals surface area contributed by atoms with Crippen molar-refractivity contribution in [2.75, 3.05) is 68.7 Å². The smallest absolute Gasteiger partial charge is 0.420 e. The van der Waals surface area contributed by atoms with Gasteiger partial charge < -0.3 is 39.9 Å². The monoisotopic (exact) mass is 984 g/mol. The summed E-state index contributed by atoms with van der Waals surface area (Å²) in [5, 5.41) is 17.7. The number of amides is 2. The third-order valence-corrected chi connectivity index (χ3v) is 14.4. The second-order valence-electron chi connectivity index (χ2n) is 17.0. The molecule has 2 aliphatic rings. The number of piperidine rings is 2. The predicted molar refractivity (Wildman–Crippen MR) is 261 cm³/mol. The number of aryl methyl sites for hydroxylation is 2. The number of carbonyl (C=O) groups is 2. The molecule has 5 heterocycles. The van der Waals surface area contributed by atoms with Crippen LogP contribution in [0.4, 0.5) is 33.2 Å². The maximum atomic E-state index is 14.8. The lowest BCUT2D eigenvalue weighted by Gasteiger charge is -2.35. The summed E-state index contributed by atoms with van der Waals surface area (Å²) in [6.45, 7) is 11.4. The quantitative estimate of drug-likeness (QED) is 0.0353. The molecule has 8 rings (SSSR count). The molecule has 1 atom stereocenters. The van der Waals surface area contributed by atoms with E-state index in [4.69, 9.17) is 19.1 Å². The Balaban J connectivity index is 0.858. The van der Waals surface area contributed by atoms with Crippen molar-refractivity contribution < 1.29 is 27.7 Å². The maximum absolute atomic E-state index is 14.8. The zero-order chi connectivity index (χ0) is 46.7. The molecule has 2 saturated heterocycles. The van der Waals surface area contributed by atoms with E-state index in [9.17, 15) is 23.3 Å². The van der Waals surface area contributed by atoms with E-state index in [2.05, 4.69) is 78.4 Å². The van der Waals surface area contributed by atoms with Gasteiger partial charge in [0.15, 0.2) is 5.58 Å². The van der Waals surface area contributed by atoms with Gasteiger partial charge in [-0.05, 0) is 110 Å². The van der Waals surface area contributed by atoms with Crippen LogP contribution in [0, 0.1) is 5.82 Å². The Morgan fingerprint density at radius 1 is 0.939 bits per heavy atom. The van der Waals surface area contributed by atoms with Crippen LogP contribution in [0.1, 0.15) is 62.4 Å². The highest BCUT2D eigenvalue weighted by Crippen LogP contribution is 2.42. The van der Waals surface area contributed by atoms with Crippen molar-refractivity contribution in [3.05, 3.63) is 92.4 Å². The molecule has 19 heteroatoms. The molecule has 3 aromatic heterocycles. The normalized spacial score (nSPS) is 16.0. The number of imide groups is 1. The Bertz CT molecular complexity index is 2910. The average molecular weight is 986 g/mol. The second-order valence-corrected chi connectivity index (χ2v) is 21.0. The number of carbonyl (C=O) groups excluding carboxylic acids is 2. The number of methoxy groups -OCH3 is 1. The molecular weight excluding hydrogens is 930 g/mol. The Labute approximate surface area is 390 Å². The number of nitrogens with zero attached hydrogens (tertiary/aromatic N) is 5. The van der Waals surface area contributed by atoms with Crippen molar-refractivity contribution in [2.45, 2.75) is 70.9 Å². The highest BCUT2D eigenvalue weighted by atomic mass is 79.9. The van der Waals surface area contributed by atoms with Crippen molar-refractivity contribution in [1.29, 1.82) is 0 Å². The fourth-order valence-electron chi connectivity index (χ4n) is 8.94. The van der Waals surface area contributed by atoms with Crippen molar-refractivity contribution in [1.82, 2.24) is 35.5 Å². The molecule has 2 aliphatic heterocycles. The van der Waals surface area contributed by atoms with Crippen molar-refractivity contribution in [2.24, 2.45) is 0 Å². The predicted octanol–water partition coefficient (Wildman–Crippen LogP) is 7.07. The van der Waals surface area contributed by atoms with Gasteiger partial charge in [-0.25, -0.2) is 14.2 Å². The summed E-state index contributed by atoms with van der Waals surface area (Å²) in [4.78, 5) is 53.5. The minimum atomic E-state index is -2.75.